The van der Waals surface area contributed by atoms with Gasteiger partial charge in [-0.1, -0.05) is 51.1 Å². The molecule has 5 heteroatoms. The Morgan fingerprint density at radius 1 is 1.24 bits per heavy atom. The molecule has 0 spiro atoms. The van der Waals surface area contributed by atoms with Crippen LogP contribution in [0.3, 0.4) is 0 Å². The highest BCUT2D eigenvalue weighted by molar-refractivity contribution is 6.74. The van der Waals surface area contributed by atoms with Crippen molar-refractivity contribution in [1.82, 2.24) is 4.90 Å². The molecule has 0 aromatic heterocycles. The van der Waals surface area contributed by atoms with Gasteiger partial charge in [-0.05, 0) is 43.5 Å². The number of rotatable bonds is 4. The zero-order valence-corrected chi connectivity index (χ0v) is 17.5. The van der Waals surface area contributed by atoms with Crippen molar-refractivity contribution in [3.8, 4) is 0 Å². The van der Waals surface area contributed by atoms with E-state index in [1.54, 1.807) is 0 Å². The number of ether oxygens (including phenoxy) is 1. The van der Waals surface area contributed by atoms with Crippen molar-refractivity contribution in [2.45, 2.75) is 77.4 Å². The molecule has 1 aromatic carbocycles. The minimum absolute atomic E-state index is 0.0474. The molecule has 2 atom stereocenters. The van der Waals surface area contributed by atoms with Gasteiger partial charge in [0.2, 0.25) is 0 Å². The minimum Gasteiger partial charge on any atom is -0.445 e. The van der Waals surface area contributed by atoms with Crippen molar-refractivity contribution >= 4 is 14.4 Å². The zero-order chi connectivity index (χ0) is 18.7. The summed E-state index contributed by atoms with van der Waals surface area (Å²) in [6.45, 7) is 14.4. The molecular formula is C20H33NO3Si. The summed E-state index contributed by atoms with van der Waals surface area (Å²) in [6, 6.07) is 9.85. The number of benzene rings is 1. The van der Waals surface area contributed by atoms with Crippen LogP contribution in [0, 0.1) is 0 Å². The van der Waals surface area contributed by atoms with Crippen molar-refractivity contribution < 1.29 is 14.0 Å². The third kappa shape index (κ3) is 5.08. The Hall–Kier alpha value is -1.33. The quantitative estimate of drug-likeness (QED) is 0.690. The summed E-state index contributed by atoms with van der Waals surface area (Å²) in [5.74, 6) is 0. The molecule has 1 fully saturated rings. The predicted molar refractivity (Wildman–Crippen MR) is 104 cm³/mol. The summed E-state index contributed by atoms with van der Waals surface area (Å²) in [5, 5.41) is 0.169. The van der Waals surface area contributed by atoms with Gasteiger partial charge >= 0.3 is 6.09 Å². The van der Waals surface area contributed by atoms with Crippen molar-refractivity contribution in [2.75, 3.05) is 6.54 Å². The number of carbonyl (C=O) groups is 1. The first-order valence-corrected chi connectivity index (χ1v) is 12.2. The Balaban J connectivity index is 1.96. The highest BCUT2D eigenvalue weighted by Crippen LogP contribution is 2.39. The lowest BCUT2D eigenvalue weighted by Crippen LogP contribution is -2.55. The van der Waals surface area contributed by atoms with Gasteiger partial charge in [0.05, 0.1) is 12.1 Å². The summed E-state index contributed by atoms with van der Waals surface area (Å²) < 4.78 is 12.1. The van der Waals surface area contributed by atoms with E-state index >= 15 is 0 Å². The molecule has 140 valence electrons. The molecule has 1 amide bonds. The van der Waals surface area contributed by atoms with Crippen LogP contribution in [0.1, 0.15) is 46.1 Å². The number of likely N-dealkylation sites (tertiary alicyclic amines) is 1. The van der Waals surface area contributed by atoms with E-state index < -0.39 is 8.32 Å². The van der Waals surface area contributed by atoms with Crippen molar-refractivity contribution in [1.29, 1.82) is 0 Å². The summed E-state index contributed by atoms with van der Waals surface area (Å²) in [5.41, 5.74) is 1.01. The molecule has 0 bridgehead atoms. The summed E-state index contributed by atoms with van der Waals surface area (Å²) in [7, 11) is -1.85. The first-order valence-electron chi connectivity index (χ1n) is 9.27. The molecule has 0 aliphatic carbocycles. The first-order chi connectivity index (χ1) is 11.6. The van der Waals surface area contributed by atoms with Gasteiger partial charge in [0.1, 0.15) is 6.61 Å². The van der Waals surface area contributed by atoms with Crippen LogP contribution in [0.4, 0.5) is 4.79 Å². The van der Waals surface area contributed by atoms with Crippen molar-refractivity contribution in [3.05, 3.63) is 35.9 Å². The molecule has 1 saturated heterocycles. The first kappa shape index (κ1) is 20.0. The molecule has 0 radical (unpaired) electrons. The van der Waals surface area contributed by atoms with Crippen LogP contribution in [0.5, 0.6) is 0 Å². The van der Waals surface area contributed by atoms with Gasteiger partial charge < -0.3 is 14.1 Å². The Morgan fingerprint density at radius 3 is 2.48 bits per heavy atom. The second kappa shape index (κ2) is 7.91. The normalized spacial score (nSPS) is 21.9. The molecule has 1 aliphatic rings. The molecule has 1 heterocycles. The number of hydrogen-bond donors (Lipinski definition) is 0. The van der Waals surface area contributed by atoms with E-state index in [9.17, 15) is 4.79 Å². The second-order valence-electron chi connectivity index (χ2n) is 8.53. The molecule has 1 unspecified atom stereocenters. The molecule has 2 rings (SSSR count). The summed E-state index contributed by atoms with van der Waals surface area (Å²) in [4.78, 5) is 14.4. The van der Waals surface area contributed by atoms with Crippen LogP contribution >= 0.6 is 0 Å². The van der Waals surface area contributed by atoms with E-state index in [1.165, 1.54) is 0 Å². The fourth-order valence-corrected chi connectivity index (χ4v) is 4.31. The average molecular weight is 364 g/mol. The van der Waals surface area contributed by atoms with Gasteiger partial charge in [0, 0.05) is 6.54 Å². The predicted octanol–water partition coefficient (Wildman–Crippen LogP) is 5.20. The zero-order valence-electron chi connectivity index (χ0n) is 16.5. The van der Waals surface area contributed by atoms with E-state index in [0.717, 1.165) is 24.9 Å². The maximum absolute atomic E-state index is 12.5. The van der Waals surface area contributed by atoms with Crippen LogP contribution < -0.4 is 0 Å². The number of piperidine rings is 1. The Labute approximate surface area is 153 Å². The van der Waals surface area contributed by atoms with Crippen molar-refractivity contribution in [2.24, 2.45) is 0 Å². The number of nitrogens with zero attached hydrogens (tertiary/aromatic N) is 1. The van der Waals surface area contributed by atoms with Gasteiger partial charge in [0.15, 0.2) is 8.32 Å². The fraction of sp³-hybridized carbons (Fsp3) is 0.650. The van der Waals surface area contributed by atoms with Crippen LogP contribution in [-0.4, -0.2) is 38.0 Å². The molecule has 0 saturated carbocycles. The average Bonchev–Trinajstić information content (AvgIpc) is 2.54. The Morgan fingerprint density at radius 2 is 1.88 bits per heavy atom. The SMILES string of the molecule is C[C@H]1C(O[Si](C)(C)C(C)(C)C)CCCN1C(=O)OCc1ccccc1. The summed E-state index contributed by atoms with van der Waals surface area (Å²) in [6.07, 6.45) is 1.83. The van der Waals surface area contributed by atoms with E-state index in [2.05, 4.69) is 40.8 Å². The lowest BCUT2D eigenvalue weighted by atomic mass is 10.0. The highest BCUT2D eigenvalue weighted by Gasteiger charge is 2.42. The summed E-state index contributed by atoms with van der Waals surface area (Å²) >= 11 is 0. The van der Waals surface area contributed by atoms with E-state index in [4.69, 9.17) is 9.16 Å². The smallest absolute Gasteiger partial charge is 0.410 e. The fourth-order valence-electron chi connectivity index (χ4n) is 2.88. The van der Waals surface area contributed by atoms with Gasteiger partial charge in [-0.2, -0.15) is 0 Å². The minimum atomic E-state index is -1.85. The van der Waals surface area contributed by atoms with Crippen molar-refractivity contribution in [3.63, 3.8) is 0 Å². The molecule has 4 nitrogen and oxygen atoms in total. The highest BCUT2D eigenvalue weighted by atomic mass is 28.4. The topological polar surface area (TPSA) is 38.8 Å². The lowest BCUT2D eigenvalue weighted by molar-refractivity contribution is 0.0159. The third-order valence-corrected chi connectivity index (χ3v) is 10.1. The Kier molecular flexibility index (Phi) is 6.33. The number of amides is 1. The monoisotopic (exact) mass is 363 g/mol. The standard InChI is InChI=1S/C20H33NO3Si/c1-16-18(24-25(5,6)20(2,3)4)13-10-14-21(16)19(22)23-15-17-11-8-7-9-12-17/h7-9,11-12,16,18H,10,13-15H2,1-6H3/t16-,18?/m0/s1. The van der Waals surface area contributed by atoms with Crippen LogP contribution in [0.2, 0.25) is 18.1 Å². The molecular weight excluding hydrogens is 330 g/mol. The molecule has 25 heavy (non-hydrogen) atoms. The van der Waals surface area contributed by atoms with E-state index in [-0.39, 0.29) is 23.3 Å². The van der Waals surface area contributed by atoms with Crippen LogP contribution in [0.15, 0.2) is 30.3 Å². The maximum atomic E-state index is 12.5. The molecule has 0 N–H and O–H groups in total. The third-order valence-electron chi connectivity index (χ3n) is 5.61. The number of hydrogen-bond acceptors (Lipinski definition) is 3. The Bertz CT molecular complexity index is 568. The van der Waals surface area contributed by atoms with Gasteiger partial charge in [-0.25, -0.2) is 4.79 Å². The molecule has 1 aromatic rings. The van der Waals surface area contributed by atoms with E-state index in [0.29, 0.717) is 6.61 Å². The maximum Gasteiger partial charge on any atom is 0.410 e. The number of carbonyl (C=O) groups excluding carboxylic acids is 1. The lowest BCUT2D eigenvalue weighted by Gasteiger charge is -2.45. The van der Waals surface area contributed by atoms with Crippen LogP contribution in [0.25, 0.3) is 0 Å². The van der Waals surface area contributed by atoms with Gasteiger partial charge in [-0.3, -0.25) is 0 Å². The van der Waals surface area contributed by atoms with Gasteiger partial charge in [-0.15, -0.1) is 0 Å². The largest absolute Gasteiger partial charge is 0.445 e. The molecule has 1 aliphatic heterocycles. The van der Waals surface area contributed by atoms with Gasteiger partial charge in [0.25, 0.3) is 0 Å². The van der Waals surface area contributed by atoms with E-state index in [1.807, 2.05) is 35.2 Å². The van der Waals surface area contributed by atoms with Crippen LogP contribution in [-0.2, 0) is 15.8 Å². The second-order valence-corrected chi connectivity index (χ2v) is 13.3.